The number of halogens is 2. The lowest BCUT2D eigenvalue weighted by Gasteiger charge is -2.14. The summed E-state index contributed by atoms with van der Waals surface area (Å²) in [6, 6.07) is 10.7. The molecule has 2 rings (SSSR count). The number of amides is 2. The van der Waals surface area contributed by atoms with E-state index in [1.54, 1.807) is 6.07 Å². The third-order valence-corrected chi connectivity index (χ3v) is 4.13. The summed E-state index contributed by atoms with van der Waals surface area (Å²) in [5, 5.41) is 3.74. The van der Waals surface area contributed by atoms with Crippen LogP contribution in [-0.2, 0) is 6.61 Å². The molecule has 0 spiro atoms. The SMILES string of the molecule is CCOc1cc(/C=N\NC(N)=O)cc(Br)c1OCc1ccc(Br)cc1. The number of nitrogens with two attached hydrogens (primary N) is 1. The Hall–Kier alpha value is -2.06. The lowest BCUT2D eigenvalue weighted by Crippen LogP contribution is -2.24. The molecular weight excluding hydrogens is 454 g/mol. The van der Waals surface area contributed by atoms with Crippen LogP contribution in [0.3, 0.4) is 0 Å². The number of rotatable bonds is 7. The van der Waals surface area contributed by atoms with Crippen LogP contribution in [0.25, 0.3) is 0 Å². The van der Waals surface area contributed by atoms with Crippen molar-refractivity contribution >= 4 is 44.1 Å². The van der Waals surface area contributed by atoms with Crippen LogP contribution < -0.4 is 20.6 Å². The highest BCUT2D eigenvalue weighted by atomic mass is 79.9. The lowest BCUT2D eigenvalue weighted by molar-refractivity contribution is 0.249. The summed E-state index contributed by atoms with van der Waals surface area (Å²) in [6.07, 6.45) is 1.47. The molecule has 0 saturated heterocycles. The second-order valence-electron chi connectivity index (χ2n) is 4.91. The fraction of sp³-hybridized carbons (Fsp3) is 0.176. The van der Waals surface area contributed by atoms with Crippen molar-refractivity contribution in [3.8, 4) is 11.5 Å². The average molecular weight is 471 g/mol. The van der Waals surface area contributed by atoms with Gasteiger partial charge in [-0.05, 0) is 58.2 Å². The monoisotopic (exact) mass is 469 g/mol. The number of carbonyl (C=O) groups is 1. The molecule has 25 heavy (non-hydrogen) atoms. The number of hydrogen-bond acceptors (Lipinski definition) is 4. The topological polar surface area (TPSA) is 85.9 Å². The van der Waals surface area contributed by atoms with Gasteiger partial charge in [0, 0.05) is 4.47 Å². The van der Waals surface area contributed by atoms with Crippen LogP contribution in [0.5, 0.6) is 11.5 Å². The number of nitrogens with zero attached hydrogens (tertiary/aromatic N) is 1. The molecule has 3 N–H and O–H groups in total. The molecule has 0 heterocycles. The van der Waals surface area contributed by atoms with Crippen molar-refractivity contribution in [1.82, 2.24) is 5.43 Å². The highest BCUT2D eigenvalue weighted by Crippen LogP contribution is 2.37. The number of urea groups is 1. The van der Waals surface area contributed by atoms with E-state index in [1.807, 2.05) is 37.3 Å². The first-order chi connectivity index (χ1) is 12.0. The third-order valence-electron chi connectivity index (χ3n) is 3.02. The van der Waals surface area contributed by atoms with Gasteiger partial charge in [-0.1, -0.05) is 28.1 Å². The summed E-state index contributed by atoms with van der Waals surface area (Å²) < 4.78 is 13.3. The minimum atomic E-state index is -0.727. The van der Waals surface area contributed by atoms with Gasteiger partial charge in [0.05, 0.1) is 17.3 Å². The number of primary amides is 1. The molecule has 0 atom stereocenters. The van der Waals surface area contributed by atoms with Crippen molar-refractivity contribution in [3.05, 3.63) is 56.5 Å². The van der Waals surface area contributed by atoms with Crippen LogP contribution in [-0.4, -0.2) is 18.9 Å². The first-order valence-electron chi connectivity index (χ1n) is 7.41. The molecule has 0 aliphatic rings. The number of hydrazone groups is 1. The molecular formula is C17H17Br2N3O3. The number of ether oxygens (including phenoxy) is 2. The van der Waals surface area contributed by atoms with Crippen LogP contribution in [0.1, 0.15) is 18.1 Å². The van der Waals surface area contributed by atoms with Crippen molar-refractivity contribution in [2.75, 3.05) is 6.61 Å². The zero-order valence-corrected chi connectivity index (χ0v) is 16.6. The fourth-order valence-electron chi connectivity index (χ4n) is 1.97. The number of nitrogens with one attached hydrogen (secondary N) is 1. The van der Waals surface area contributed by atoms with Crippen LogP contribution in [0.4, 0.5) is 4.79 Å². The summed E-state index contributed by atoms with van der Waals surface area (Å²) in [5.74, 6) is 1.18. The summed E-state index contributed by atoms with van der Waals surface area (Å²) in [6.45, 7) is 2.78. The van der Waals surface area contributed by atoms with Gasteiger partial charge in [-0.25, -0.2) is 10.2 Å². The molecule has 132 valence electrons. The molecule has 0 bridgehead atoms. The predicted molar refractivity (Wildman–Crippen MR) is 104 cm³/mol. The van der Waals surface area contributed by atoms with E-state index in [-0.39, 0.29) is 0 Å². The molecule has 0 unspecified atom stereocenters. The quantitative estimate of drug-likeness (QED) is 0.469. The van der Waals surface area contributed by atoms with E-state index in [1.165, 1.54) is 6.21 Å². The van der Waals surface area contributed by atoms with Crippen LogP contribution in [0, 0.1) is 0 Å². The van der Waals surface area contributed by atoms with Gasteiger partial charge < -0.3 is 15.2 Å². The molecule has 6 nitrogen and oxygen atoms in total. The molecule has 2 amide bonds. The largest absolute Gasteiger partial charge is 0.490 e. The molecule has 0 saturated carbocycles. The highest BCUT2D eigenvalue weighted by Gasteiger charge is 2.12. The maximum absolute atomic E-state index is 10.7. The Morgan fingerprint density at radius 2 is 1.96 bits per heavy atom. The second kappa shape index (κ2) is 9.43. The maximum Gasteiger partial charge on any atom is 0.332 e. The minimum Gasteiger partial charge on any atom is -0.490 e. The van der Waals surface area contributed by atoms with Crippen molar-refractivity contribution in [3.63, 3.8) is 0 Å². The van der Waals surface area contributed by atoms with Crippen molar-refractivity contribution in [2.45, 2.75) is 13.5 Å². The molecule has 0 radical (unpaired) electrons. The van der Waals surface area contributed by atoms with E-state index in [2.05, 4.69) is 42.4 Å². The molecule has 0 fully saturated rings. The van der Waals surface area contributed by atoms with E-state index in [0.717, 1.165) is 20.1 Å². The standard InChI is InChI=1S/C17H17Br2N3O3/c1-2-24-15-8-12(9-21-22-17(20)23)7-14(19)16(15)25-10-11-3-5-13(18)6-4-11/h3-9H,2,10H2,1H3,(H3,20,22,23)/b21-9-. The minimum absolute atomic E-state index is 0.405. The first-order valence-corrected chi connectivity index (χ1v) is 9.00. The van der Waals surface area contributed by atoms with Crippen molar-refractivity contribution in [2.24, 2.45) is 10.8 Å². The van der Waals surface area contributed by atoms with Gasteiger partial charge in [0.25, 0.3) is 0 Å². The highest BCUT2D eigenvalue weighted by molar-refractivity contribution is 9.10. The van der Waals surface area contributed by atoms with Crippen LogP contribution in [0.15, 0.2) is 50.4 Å². The Morgan fingerprint density at radius 1 is 1.24 bits per heavy atom. The first kappa shape index (κ1) is 19.3. The normalized spacial score (nSPS) is 10.7. The zero-order chi connectivity index (χ0) is 18.2. The van der Waals surface area contributed by atoms with Gasteiger partial charge in [-0.15, -0.1) is 0 Å². The Morgan fingerprint density at radius 3 is 2.60 bits per heavy atom. The zero-order valence-electron chi connectivity index (χ0n) is 13.5. The van der Waals surface area contributed by atoms with E-state index in [4.69, 9.17) is 15.2 Å². The molecule has 0 aliphatic heterocycles. The molecule has 0 aliphatic carbocycles. The lowest BCUT2D eigenvalue weighted by atomic mass is 10.2. The molecule has 8 heteroatoms. The molecule has 2 aromatic rings. The summed E-state index contributed by atoms with van der Waals surface area (Å²) >= 11 is 6.90. The van der Waals surface area contributed by atoms with Crippen molar-refractivity contribution in [1.29, 1.82) is 0 Å². The number of benzene rings is 2. The molecule has 0 aromatic heterocycles. The van der Waals surface area contributed by atoms with Gasteiger partial charge in [-0.2, -0.15) is 5.10 Å². The van der Waals surface area contributed by atoms with Gasteiger partial charge >= 0.3 is 6.03 Å². The van der Waals surface area contributed by atoms with Crippen LogP contribution in [0.2, 0.25) is 0 Å². The predicted octanol–water partition coefficient (Wildman–Crippen LogP) is 4.19. The van der Waals surface area contributed by atoms with Crippen molar-refractivity contribution < 1.29 is 14.3 Å². The smallest absolute Gasteiger partial charge is 0.332 e. The van der Waals surface area contributed by atoms with Gasteiger partial charge in [0.1, 0.15) is 6.61 Å². The van der Waals surface area contributed by atoms with Gasteiger partial charge in [-0.3, -0.25) is 0 Å². The Labute approximate surface area is 162 Å². The van der Waals surface area contributed by atoms with E-state index < -0.39 is 6.03 Å². The fourth-order valence-corrected chi connectivity index (χ4v) is 2.81. The Kier molecular flexibility index (Phi) is 7.27. The van der Waals surface area contributed by atoms with E-state index in [0.29, 0.717) is 24.7 Å². The van der Waals surface area contributed by atoms with E-state index in [9.17, 15) is 4.79 Å². The second-order valence-corrected chi connectivity index (χ2v) is 6.68. The maximum atomic E-state index is 10.7. The Bertz CT molecular complexity index is 764. The average Bonchev–Trinajstić information content (AvgIpc) is 2.55. The molecule has 2 aromatic carbocycles. The number of hydrogen-bond donors (Lipinski definition) is 2. The van der Waals surface area contributed by atoms with E-state index >= 15 is 0 Å². The van der Waals surface area contributed by atoms with Gasteiger partial charge in [0.2, 0.25) is 0 Å². The summed E-state index contributed by atoms with van der Waals surface area (Å²) in [5.41, 5.74) is 8.88. The third kappa shape index (κ3) is 6.06. The Balaban J connectivity index is 2.19. The number of carbonyl (C=O) groups excluding carboxylic acids is 1. The summed E-state index contributed by atoms with van der Waals surface area (Å²) in [4.78, 5) is 10.7. The summed E-state index contributed by atoms with van der Waals surface area (Å²) in [7, 11) is 0. The van der Waals surface area contributed by atoms with Gasteiger partial charge in [0.15, 0.2) is 11.5 Å². The van der Waals surface area contributed by atoms with Crippen LogP contribution >= 0.6 is 31.9 Å².